The number of hydrogen-bond donors (Lipinski definition) is 3. The van der Waals surface area contributed by atoms with Crippen molar-refractivity contribution in [3.05, 3.63) is 77.9 Å². The lowest BCUT2D eigenvalue weighted by Crippen LogP contribution is -2.54. The van der Waals surface area contributed by atoms with Crippen LogP contribution in [-0.4, -0.2) is 52.7 Å². The van der Waals surface area contributed by atoms with E-state index in [0.29, 0.717) is 17.7 Å². The van der Waals surface area contributed by atoms with Crippen LogP contribution in [0.25, 0.3) is 10.8 Å². The van der Waals surface area contributed by atoms with Gasteiger partial charge < -0.3 is 25.4 Å². The number of aliphatic hydroxyl groups excluding tert-OH is 1. The Morgan fingerprint density at radius 1 is 0.974 bits per heavy atom. The molecular weight excluding hydrogens is 482 g/mol. The molecule has 2 atom stereocenters. The zero-order chi connectivity index (χ0) is 27.9. The van der Waals surface area contributed by atoms with Gasteiger partial charge in [0.15, 0.2) is 0 Å². The Bertz CT molecular complexity index is 1280. The lowest BCUT2D eigenvalue weighted by atomic mass is 9.97. The zero-order valence-electron chi connectivity index (χ0n) is 22.7. The van der Waals surface area contributed by atoms with Crippen molar-refractivity contribution < 1.29 is 24.2 Å². The molecule has 0 spiro atoms. The van der Waals surface area contributed by atoms with E-state index >= 15 is 0 Å². The minimum absolute atomic E-state index is 0.232. The van der Waals surface area contributed by atoms with Gasteiger partial charge in [0.25, 0.3) is 5.91 Å². The van der Waals surface area contributed by atoms with Gasteiger partial charge in [-0.25, -0.2) is 4.79 Å². The number of benzene rings is 3. The summed E-state index contributed by atoms with van der Waals surface area (Å²) in [4.78, 5) is 41.4. The number of carbonyl (C=O) groups excluding carboxylic acids is 3. The summed E-state index contributed by atoms with van der Waals surface area (Å²) < 4.78 is 5.27. The largest absolute Gasteiger partial charge is 0.444 e. The van der Waals surface area contributed by atoms with E-state index in [2.05, 4.69) is 10.6 Å². The molecule has 0 aliphatic rings. The van der Waals surface area contributed by atoms with Crippen molar-refractivity contribution in [1.29, 1.82) is 0 Å². The average Bonchev–Trinajstić information content (AvgIpc) is 2.86. The normalized spacial score (nSPS) is 12.9. The molecule has 3 N–H and O–H groups in total. The third-order valence-corrected chi connectivity index (χ3v) is 5.98. The molecule has 0 bridgehead atoms. The molecule has 38 heavy (non-hydrogen) atoms. The number of aliphatic hydroxyl groups is 1. The first-order valence-electron chi connectivity index (χ1n) is 12.8. The first-order valence-corrected chi connectivity index (χ1v) is 12.8. The summed E-state index contributed by atoms with van der Waals surface area (Å²) in [6.45, 7) is 8.47. The highest BCUT2D eigenvalue weighted by molar-refractivity contribution is 6.00. The molecule has 0 radical (unpaired) electrons. The van der Waals surface area contributed by atoms with Crippen LogP contribution in [0.15, 0.2) is 66.7 Å². The molecule has 8 heteroatoms. The summed E-state index contributed by atoms with van der Waals surface area (Å²) in [5, 5.41) is 17.5. The molecule has 202 valence electrons. The molecule has 3 rings (SSSR count). The van der Waals surface area contributed by atoms with E-state index in [-0.39, 0.29) is 6.54 Å². The number of anilines is 1. The van der Waals surface area contributed by atoms with Gasteiger partial charge in [0.2, 0.25) is 5.91 Å². The van der Waals surface area contributed by atoms with E-state index in [1.54, 1.807) is 20.8 Å². The van der Waals surface area contributed by atoms with E-state index in [1.165, 1.54) is 4.90 Å². The SMILES string of the molecule is CCCN(C(=O)C(CO)NC(=O)OC(C)(C)C)C(C(=O)Nc1ccc2ccccc2c1)c1ccccc1C. The molecule has 0 fully saturated rings. The maximum atomic E-state index is 13.9. The van der Waals surface area contributed by atoms with Gasteiger partial charge in [-0.1, -0.05) is 61.5 Å². The summed E-state index contributed by atoms with van der Waals surface area (Å²) in [6.07, 6.45) is -0.267. The molecule has 2 unspecified atom stereocenters. The van der Waals surface area contributed by atoms with E-state index in [0.717, 1.165) is 16.3 Å². The van der Waals surface area contributed by atoms with Gasteiger partial charge in [-0.15, -0.1) is 0 Å². The molecule has 3 amide bonds. The lowest BCUT2D eigenvalue weighted by Gasteiger charge is -2.34. The summed E-state index contributed by atoms with van der Waals surface area (Å²) in [6, 6.07) is 18.6. The van der Waals surface area contributed by atoms with E-state index < -0.39 is 42.2 Å². The van der Waals surface area contributed by atoms with Crippen LogP contribution in [0.4, 0.5) is 10.5 Å². The van der Waals surface area contributed by atoms with Gasteiger partial charge in [-0.2, -0.15) is 0 Å². The van der Waals surface area contributed by atoms with E-state index in [9.17, 15) is 19.5 Å². The first-order chi connectivity index (χ1) is 18.0. The van der Waals surface area contributed by atoms with Crippen LogP contribution in [0, 0.1) is 6.92 Å². The fourth-order valence-electron chi connectivity index (χ4n) is 4.26. The highest BCUT2D eigenvalue weighted by atomic mass is 16.6. The summed E-state index contributed by atoms with van der Waals surface area (Å²) in [5.74, 6) is -0.979. The number of alkyl carbamates (subject to hydrolysis) is 1. The molecule has 3 aromatic carbocycles. The second kappa shape index (κ2) is 12.6. The molecule has 0 saturated carbocycles. The van der Waals surface area contributed by atoms with Gasteiger partial charge in [-0.3, -0.25) is 9.59 Å². The fourth-order valence-corrected chi connectivity index (χ4v) is 4.26. The number of carbonyl (C=O) groups is 3. The molecule has 0 heterocycles. The highest BCUT2D eigenvalue weighted by Crippen LogP contribution is 2.28. The third-order valence-electron chi connectivity index (χ3n) is 5.98. The van der Waals surface area contributed by atoms with E-state index in [1.807, 2.05) is 80.6 Å². The van der Waals surface area contributed by atoms with Gasteiger partial charge in [0.05, 0.1) is 6.61 Å². The van der Waals surface area contributed by atoms with Crippen LogP contribution in [0.2, 0.25) is 0 Å². The van der Waals surface area contributed by atoms with Crippen molar-refractivity contribution in [2.45, 2.75) is 58.7 Å². The second-order valence-corrected chi connectivity index (χ2v) is 10.2. The number of amides is 3. The number of ether oxygens (including phenoxy) is 1. The van der Waals surface area contributed by atoms with Gasteiger partial charge >= 0.3 is 6.09 Å². The van der Waals surface area contributed by atoms with Gasteiger partial charge in [0.1, 0.15) is 17.7 Å². The number of hydrogen-bond acceptors (Lipinski definition) is 5. The monoisotopic (exact) mass is 519 g/mol. The minimum Gasteiger partial charge on any atom is -0.444 e. The van der Waals surface area contributed by atoms with Crippen LogP contribution < -0.4 is 10.6 Å². The molecule has 3 aromatic rings. The fraction of sp³-hybridized carbons (Fsp3) is 0.367. The predicted octanol–water partition coefficient (Wildman–Crippen LogP) is 4.95. The van der Waals surface area contributed by atoms with Crippen molar-refractivity contribution in [3.63, 3.8) is 0 Å². The van der Waals surface area contributed by atoms with Crippen LogP contribution in [-0.2, 0) is 14.3 Å². The Hall–Kier alpha value is -3.91. The highest BCUT2D eigenvalue weighted by Gasteiger charge is 2.36. The number of nitrogens with zero attached hydrogens (tertiary/aromatic N) is 1. The summed E-state index contributed by atoms with van der Waals surface area (Å²) >= 11 is 0. The van der Waals surface area contributed by atoms with Crippen molar-refractivity contribution in [1.82, 2.24) is 10.2 Å². The Morgan fingerprint density at radius 2 is 1.63 bits per heavy atom. The Kier molecular flexibility index (Phi) is 9.47. The standard InChI is InChI=1S/C30H37N3O5/c1-6-17-33(28(36)25(19-34)32-29(37)38-30(3,4)5)26(24-14-10-7-11-20(24)2)27(35)31-23-16-15-21-12-8-9-13-22(21)18-23/h7-16,18,25-26,34H,6,17,19H2,1-5H3,(H,31,35)(H,32,37). The molecule has 0 aromatic heterocycles. The van der Waals surface area contributed by atoms with Crippen LogP contribution in [0.3, 0.4) is 0 Å². The summed E-state index contributed by atoms with van der Waals surface area (Å²) in [7, 11) is 0. The molecule has 0 saturated heterocycles. The smallest absolute Gasteiger partial charge is 0.408 e. The maximum Gasteiger partial charge on any atom is 0.408 e. The first kappa shape index (κ1) is 28.7. The third kappa shape index (κ3) is 7.32. The lowest BCUT2D eigenvalue weighted by molar-refractivity contribution is -0.141. The van der Waals surface area contributed by atoms with E-state index in [4.69, 9.17) is 4.74 Å². The maximum absolute atomic E-state index is 13.9. The van der Waals surface area contributed by atoms with Crippen LogP contribution >= 0.6 is 0 Å². The quantitative estimate of drug-likeness (QED) is 0.371. The minimum atomic E-state index is -1.28. The zero-order valence-corrected chi connectivity index (χ0v) is 22.7. The predicted molar refractivity (Wildman–Crippen MR) is 149 cm³/mol. The second-order valence-electron chi connectivity index (χ2n) is 10.2. The molecule has 8 nitrogen and oxygen atoms in total. The van der Waals surface area contributed by atoms with Crippen molar-refractivity contribution in [3.8, 4) is 0 Å². The van der Waals surface area contributed by atoms with Crippen molar-refractivity contribution in [2.75, 3.05) is 18.5 Å². The molecule has 0 aliphatic carbocycles. The number of nitrogens with one attached hydrogen (secondary N) is 2. The molecule has 0 aliphatic heterocycles. The van der Waals surface area contributed by atoms with Crippen molar-refractivity contribution >= 4 is 34.4 Å². The van der Waals surface area contributed by atoms with Gasteiger partial charge in [0, 0.05) is 12.2 Å². The van der Waals surface area contributed by atoms with Crippen molar-refractivity contribution in [2.24, 2.45) is 0 Å². The van der Waals surface area contributed by atoms with Crippen LogP contribution in [0.1, 0.15) is 51.3 Å². The Labute approximate surface area is 224 Å². The van der Waals surface area contributed by atoms with Gasteiger partial charge in [-0.05, 0) is 68.1 Å². The summed E-state index contributed by atoms with van der Waals surface area (Å²) in [5.41, 5.74) is 1.31. The number of fused-ring (bicyclic) bond motifs is 1. The number of rotatable bonds is 9. The Morgan fingerprint density at radius 3 is 2.26 bits per heavy atom. The average molecular weight is 520 g/mol. The number of aryl methyl sites for hydroxylation is 1. The van der Waals surface area contributed by atoms with Crippen LogP contribution in [0.5, 0.6) is 0 Å². The topological polar surface area (TPSA) is 108 Å². The Balaban J connectivity index is 1.97. The molecular formula is C30H37N3O5.